The van der Waals surface area contributed by atoms with Crippen molar-refractivity contribution < 1.29 is 9.13 Å². The molecule has 0 saturated carbocycles. The molecule has 0 saturated heterocycles. The monoisotopic (exact) mass is 287 g/mol. The summed E-state index contributed by atoms with van der Waals surface area (Å²) in [5.41, 5.74) is 6.02. The molecule has 1 aromatic carbocycles. The van der Waals surface area contributed by atoms with E-state index in [1.54, 1.807) is 6.07 Å². The van der Waals surface area contributed by atoms with Crippen molar-refractivity contribution in [2.45, 2.75) is 25.3 Å². The number of ether oxygens (including phenoxy) is 1. The van der Waals surface area contributed by atoms with Gasteiger partial charge in [0.1, 0.15) is 11.6 Å². The minimum absolute atomic E-state index is 0.0879. The number of rotatable bonds is 5. The van der Waals surface area contributed by atoms with Gasteiger partial charge in [-0.3, -0.25) is 16.3 Å². The van der Waals surface area contributed by atoms with Crippen molar-refractivity contribution in [2.24, 2.45) is 5.84 Å². The van der Waals surface area contributed by atoms with Crippen LogP contribution in [-0.4, -0.2) is 11.6 Å². The van der Waals surface area contributed by atoms with Gasteiger partial charge in [0.2, 0.25) is 0 Å². The first-order chi connectivity index (χ1) is 10.3. The molecule has 1 unspecified atom stereocenters. The Labute approximate surface area is 123 Å². The fourth-order valence-electron chi connectivity index (χ4n) is 2.62. The average Bonchev–Trinajstić information content (AvgIpc) is 2.97. The minimum atomic E-state index is -0.340. The predicted molar refractivity (Wildman–Crippen MR) is 78.2 cm³/mol. The van der Waals surface area contributed by atoms with Crippen LogP contribution in [0.4, 0.5) is 4.39 Å². The van der Waals surface area contributed by atoms with Crippen LogP contribution in [0.1, 0.15) is 29.3 Å². The van der Waals surface area contributed by atoms with E-state index in [1.807, 2.05) is 6.07 Å². The van der Waals surface area contributed by atoms with E-state index in [1.165, 1.54) is 23.4 Å². The first-order valence-corrected chi connectivity index (χ1v) is 7.08. The molecule has 0 bridgehead atoms. The number of nitrogens with two attached hydrogens (primary N) is 1. The highest BCUT2D eigenvalue weighted by atomic mass is 19.1. The highest BCUT2D eigenvalue weighted by Crippen LogP contribution is 2.27. The molecule has 2 aromatic rings. The normalized spacial score (nSPS) is 14.6. The number of nitrogens with zero attached hydrogens (tertiary/aromatic N) is 1. The molecule has 2 heterocycles. The van der Waals surface area contributed by atoms with Crippen molar-refractivity contribution in [1.29, 1.82) is 0 Å². The Morgan fingerprint density at radius 1 is 1.33 bits per heavy atom. The van der Waals surface area contributed by atoms with Crippen LogP contribution < -0.4 is 16.0 Å². The summed E-state index contributed by atoms with van der Waals surface area (Å²) in [7, 11) is 0. The summed E-state index contributed by atoms with van der Waals surface area (Å²) < 4.78 is 18.4. The number of hydrogen-bond donors (Lipinski definition) is 2. The standard InChI is InChI=1S/C16H18FN3O/c17-13-3-5-14(19-10-13)15(20-18)4-1-11-2-6-16-12(9-11)7-8-21-16/h2-3,5-6,9-10,15,20H,1,4,7-8,18H2. The highest BCUT2D eigenvalue weighted by Gasteiger charge is 2.14. The van der Waals surface area contributed by atoms with Gasteiger partial charge in [0, 0.05) is 6.42 Å². The molecular formula is C16H18FN3O. The van der Waals surface area contributed by atoms with Gasteiger partial charge in [0.15, 0.2) is 0 Å². The van der Waals surface area contributed by atoms with Crippen LogP contribution in [0.5, 0.6) is 5.75 Å². The molecular weight excluding hydrogens is 269 g/mol. The Bertz CT molecular complexity index is 615. The van der Waals surface area contributed by atoms with Crippen LogP contribution in [0.3, 0.4) is 0 Å². The summed E-state index contributed by atoms with van der Waals surface area (Å²) in [5, 5.41) is 0. The molecule has 0 radical (unpaired) electrons. The predicted octanol–water partition coefficient (Wildman–Crippen LogP) is 2.29. The molecule has 0 amide bonds. The van der Waals surface area contributed by atoms with E-state index < -0.39 is 0 Å². The first-order valence-electron chi connectivity index (χ1n) is 7.08. The zero-order valence-corrected chi connectivity index (χ0v) is 11.7. The molecule has 1 aliphatic heterocycles. The maximum Gasteiger partial charge on any atom is 0.141 e. The molecule has 5 heteroatoms. The SMILES string of the molecule is NNC(CCc1ccc2c(c1)CCO2)c1ccc(F)cn1. The number of aromatic nitrogens is 1. The second-order valence-corrected chi connectivity index (χ2v) is 5.20. The summed E-state index contributed by atoms with van der Waals surface area (Å²) >= 11 is 0. The van der Waals surface area contributed by atoms with Crippen molar-refractivity contribution >= 4 is 0 Å². The lowest BCUT2D eigenvalue weighted by molar-refractivity contribution is 0.357. The van der Waals surface area contributed by atoms with Gasteiger partial charge in [-0.05, 0) is 42.2 Å². The molecule has 1 aromatic heterocycles. The van der Waals surface area contributed by atoms with Crippen molar-refractivity contribution in [3.8, 4) is 5.75 Å². The number of fused-ring (bicyclic) bond motifs is 1. The maximum absolute atomic E-state index is 12.9. The summed E-state index contributed by atoms with van der Waals surface area (Å²) in [6.45, 7) is 0.769. The van der Waals surface area contributed by atoms with Crippen molar-refractivity contribution in [1.82, 2.24) is 10.4 Å². The van der Waals surface area contributed by atoms with Crippen LogP contribution in [0, 0.1) is 5.82 Å². The van der Waals surface area contributed by atoms with Crippen LogP contribution in [0.15, 0.2) is 36.5 Å². The minimum Gasteiger partial charge on any atom is -0.493 e. The second kappa shape index (κ2) is 6.20. The number of nitrogens with one attached hydrogen (secondary N) is 1. The zero-order valence-electron chi connectivity index (χ0n) is 11.7. The molecule has 0 fully saturated rings. The first kappa shape index (κ1) is 14.0. The molecule has 3 N–H and O–H groups in total. The largest absolute Gasteiger partial charge is 0.493 e. The smallest absolute Gasteiger partial charge is 0.141 e. The number of hydrogen-bond acceptors (Lipinski definition) is 4. The number of halogens is 1. The summed E-state index contributed by atoms with van der Waals surface area (Å²) in [5.74, 6) is 6.25. The topological polar surface area (TPSA) is 60.2 Å². The third-order valence-corrected chi connectivity index (χ3v) is 3.78. The van der Waals surface area contributed by atoms with Crippen LogP contribution in [0.25, 0.3) is 0 Å². The van der Waals surface area contributed by atoms with Gasteiger partial charge in [-0.1, -0.05) is 12.1 Å². The van der Waals surface area contributed by atoms with Crippen LogP contribution in [0.2, 0.25) is 0 Å². The Kier molecular flexibility index (Phi) is 4.13. The van der Waals surface area contributed by atoms with E-state index in [0.717, 1.165) is 37.3 Å². The summed E-state index contributed by atoms with van der Waals surface area (Å²) in [6, 6.07) is 9.27. The third kappa shape index (κ3) is 3.20. The number of benzene rings is 1. The van der Waals surface area contributed by atoms with Crippen LogP contribution >= 0.6 is 0 Å². The van der Waals surface area contributed by atoms with E-state index in [2.05, 4.69) is 22.5 Å². The van der Waals surface area contributed by atoms with Crippen molar-refractivity contribution in [2.75, 3.05) is 6.61 Å². The van der Waals surface area contributed by atoms with E-state index >= 15 is 0 Å². The van der Waals surface area contributed by atoms with E-state index in [4.69, 9.17) is 10.6 Å². The highest BCUT2D eigenvalue weighted by molar-refractivity contribution is 5.39. The van der Waals surface area contributed by atoms with Gasteiger partial charge in [-0.2, -0.15) is 0 Å². The maximum atomic E-state index is 12.9. The number of pyridine rings is 1. The molecule has 0 spiro atoms. The second-order valence-electron chi connectivity index (χ2n) is 5.20. The molecule has 3 rings (SSSR count). The Morgan fingerprint density at radius 2 is 2.24 bits per heavy atom. The fraction of sp³-hybridized carbons (Fsp3) is 0.312. The van der Waals surface area contributed by atoms with Gasteiger partial charge in [0.25, 0.3) is 0 Å². The van der Waals surface area contributed by atoms with Gasteiger partial charge >= 0.3 is 0 Å². The average molecular weight is 287 g/mol. The summed E-state index contributed by atoms with van der Waals surface area (Å²) in [4.78, 5) is 4.08. The number of aryl methyl sites for hydroxylation is 1. The van der Waals surface area contributed by atoms with Gasteiger partial charge in [0.05, 0.1) is 24.5 Å². The molecule has 1 atom stereocenters. The lowest BCUT2D eigenvalue weighted by Gasteiger charge is -2.15. The molecule has 1 aliphatic rings. The zero-order chi connectivity index (χ0) is 14.7. The molecule has 0 aliphatic carbocycles. The Morgan fingerprint density at radius 3 is 3.00 bits per heavy atom. The fourth-order valence-corrected chi connectivity index (χ4v) is 2.62. The lowest BCUT2D eigenvalue weighted by atomic mass is 10.0. The third-order valence-electron chi connectivity index (χ3n) is 3.78. The van der Waals surface area contributed by atoms with Crippen molar-refractivity contribution in [3.63, 3.8) is 0 Å². The Hall–Kier alpha value is -1.98. The van der Waals surface area contributed by atoms with Gasteiger partial charge in [-0.15, -0.1) is 0 Å². The Balaban J connectivity index is 1.66. The molecule has 4 nitrogen and oxygen atoms in total. The molecule has 21 heavy (non-hydrogen) atoms. The number of hydrazine groups is 1. The van der Waals surface area contributed by atoms with E-state index in [9.17, 15) is 4.39 Å². The summed E-state index contributed by atoms with van der Waals surface area (Å²) in [6.07, 6.45) is 3.86. The molecule has 110 valence electrons. The lowest BCUT2D eigenvalue weighted by Crippen LogP contribution is -2.29. The van der Waals surface area contributed by atoms with Gasteiger partial charge in [-0.25, -0.2) is 4.39 Å². The van der Waals surface area contributed by atoms with E-state index in [0.29, 0.717) is 0 Å². The quantitative estimate of drug-likeness (QED) is 0.654. The van der Waals surface area contributed by atoms with E-state index in [-0.39, 0.29) is 11.9 Å². The van der Waals surface area contributed by atoms with Crippen molar-refractivity contribution in [3.05, 3.63) is 59.2 Å². The van der Waals surface area contributed by atoms with Crippen LogP contribution in [-0.2, 0) is 12.8 Å². The van der Waals surface area contributed by atoms with Gasteiger partial charge < -0.3 is 4.74 Å².